The monoisotopic (exact) mass is 234 g/mol. The van der Waals surface area contributed by atoms with E-state index in [2.05, 4.69) is 42.8 Å². The molecule has 1 aromatic rings. The maximum absolute atomic E-state index is 10.2. The molecule has 0 aromatic carbocycles. The summed E-state index contributed by atoms with van der Waals surface area (Å²) in [7, 11) is 2.03. The zero-order valence-electron chi connectivity index (χ0n) is 11.2. The molecule has 0 aliphatic rings. The van der Waals surface area contributed by atoms with E-state index in [4.69, 9.17) is 0 Å². The molecule has 0 fully saturated rings. The minimum Gasteiger partial charge on any atom is -0.373 e. The highest BCUT2D eigenvalue weighted by Gasteiger charge is 2.15. The third kappa shape index (κ3) is 4.17. The Morgan fingerprint density at radius 2 is 2.06 bits per heavy atom. The van der Waals surface area contributed by atoms with Crippen LogP contribution in [0.2, 0.25) is 0 Å². The van der Waals surface area contributed by atoms with Gasteiger partial charge in [0.05, 0.1) is 11.9 Å². The average molecular weight is 234 g/mol. The summed E-state index contributed by atoms with van der Waals surface area (Å²) in [5.41, 5.74) is 2.29. The van der Waals surface area contributed by atoms with Gasteiger partial charge in [0.1, 0.15) is 6.29 Å². The Labute approximate surface area is 104 Å². The minimum absolute atomic E-state index is 0.0919. The Balaban J connectivity index is 2.64. The van der Waals surface area contributed by atoms with Crippen molar-refractivity contribution in [2.24, 2.45) is 0 Å². The van der Waals surface area contributed by atoms with Crippen LogP contribution in [0.25, 0.3) is 0 Å². The number of hydrogen-bond acceptors (Lipinski definition) is 3. The van der Waals surface area contributed by atoms with Crippen LogP contribution in [0.5, 0.6) is 0 Å². The molecule has 1 aromatic heterocycles. The molecule has 0 aliphatic carbocycles. The first-order chi connectivity index (χ1) is 7.95. The fourth-order valence-electron chi connectivity index (χ4n) is 1.60. The predicted octanol–water partition coefficient (Wildman–Crippen LogP) is 2.79. The Kier molecular flexibility index (Phi) is 4.67. The molecule has 3 nitrogen and oxygen atoms in total. The third-order valence-electron chi connectivity index (χ3n) is 2.77. The molecule has 0 radical (unpaired) electrons. The highest BCUT2D eigenvalue weighted by molar-refractivity contribution is 5.49. The number of anilines is 1. The van der Waals surface area contributed by atoms with E-state index < -0.39 is 0 Å². The van der Waals surface area contributed by atoms with Gasteiger partial charge >= 0.3 is 0 Å². The molecule has 0 amide bonds. The van der Waals surface area contributed by atoms with Gasteiger partial charge < -0.3 is 9.69 Å². The second kappa shape index (κ2) is 5.80. The van der Waals surface area contributed by atoms with Crippen LogP contribution in [0.15, 0.2) is 18.3 Å². The molecule has 17 heavy (non-hydrogen) atoms. The van der Waals surface area contributed by atoms with Gasteiger partial charge in [-0.3, -0.25) is 4.98 Å². The van der Waals surface area contributed by atoms with E-state index in [0.29, 0.717) is 6.42 Å². The molecule has 94 valence electrons. The summed E-state index contributed by atoms with van der Waals surface area (Å²) in [5.74, 6) is 0. The van der Waals surface area contributed by atoms with Gasteiger partial charge in [-0.2, -0.15) is 0 Å². The maximum atomic E-state index is 10.2. The van der Waals surface area contributed by atoms with Gasteiger partial charge in [0.15, 0.2) is 0 Å². The number of rotatable bonds is 5. The van der Waals surface area contributed by atoms with Gasteiger partial charge in [0, 0.05) is 31.1 Å². The lowest BCUT2D eigenvalue weighted by Crippen LogP contribution is -2.20. The van der Waals surface area contributed by atoms with Crippen molar-refractivity contribution in [3.8, 4) is 0 Å². The van der Waals surface area contributed by atoms with Crippen LogP contribution in [-0.2, 0) is 10.2 Å². The quantitative estimate of drug-likeness (QED) is 0.580. The third-order valence-corrected chi connectivity index (χ3v) is 2.77. The largest absolute Gasteiger partial charge is 0.373 e. The first-order valence-electron chi connectivity index (χ1n) is 6.06. The number of hydrogen-bond donors (Lipinski definition) is 0. The molecule has 0 spiro atoms. The first kappa shape index (κ1) is 13.7. The van der Waals surface area contributed by atoms with Crippen molar-refractivity contribution in [1.82, 2.24) is 4.98 Å². The van der Waals surface area contributed by atoms with E-state index in [1.54, 1.807) is 0 Å². The van der Waals surface area contributed by atoms with Crippen molar-refractivity contribution in [3.05, 3.63) is 24.0 Å². The minimum atomic E-state index is 0.0919. The van der Waals surface area contributed by atoms with Crippen molar-refractivity contribution in [2.45, 2.75) is 39.0 Å². The van der Waals surface area contributed by atoms with E-state index in [9.17, 15) is 4.79 Å². The maximum Gasteiger partial charge on any atom is 0.120 e. The first-order valence-corrected chi connectivity index (χ1v) is 6.06. The van der Waals surface area contributed by atoms with Gasteiger partial charge in [-0.15, -0.1) is 0 Å². The summed E-state index contributed by atoms with van der Waals surface area (Å²) in [6, 6.07) is 4.17. The summed E-state index contributed by atoms with van der Waals surface area (Å²) in [6.45, 7) is 7.35. The Morgan fingerprint density at radius 1 is 1.35 bits per heavy atom. The molecule has 0 unspecified atom stereocenters. The SMILES string of the molecule is CN(CCCC=O)c1ccc(C(C)(C)C)nc1. The van der Waals surface area contributed by atoms with E-state index >= 15 is 0 Å². The molecule has 1 heterocycles. The highest BCUT2D eigenvalue weighted by Crippen LogP contribution is 2.21. The van der Waals surface area contributed by atoms with Crippen LogP contribution in [0.4, 0.5) is 5.69 Å². The van der Waals surface area contributed by atoms with E-state index in [1.807, 2.05) is 13.2 Å². The van der Waals surface area contributed by atoms with E-state index in [-0.39, 0.29) is 5.41 Å². The second-order valence-electron chi connectivity index (χ2n) is 5.38. The summed E-state index contributed by atoms with van der Waals surface area (Å²) < 4.78 is 0. The van der Waals surface area contributed by atoms with Crippen LogP contribution in [0.1, 0.15) is 39.3 Å². The van der Waals surface area contributed by atoms with Crippen LogP contribution in [-0.4, -0.2) is 24.9 Å². The van der Waals surface area contributed by atoms with Gasteiger partial charge in [-0.05, 0) is 18.6 Å². The van der Waals surface area contributed by atoms with Crippen molar-refractivity contribution in [3.63, 3.8) is 0 Å². The molecule has 0 atom stereocenters. The molecule has 3 heteroatoms. The van der Waals surface area contributed by atoms with Crippen LogP contribution in [0.3, 0.4) is 0 Å². The molecule has 1 rings (SSSR count). The summed E-state index contributed by atoms with van der Waals surface area (Å²) in [4.78, 5) is 16.9. The lowest BCUT2D eigenvalue weighted by molar-refractivity contribution is -0.107. The summed E-state index contributed by atoms with van der Waals surface area (Å²) in [5, 5.41) is 0. The van der Waals surface area contributed by atoms with Crippen molar-refractivity contribution in [2.75, 3.05) is 18.5 Å². The van der Waals surface area contributed by atoms with Gasteiger partial charge in [0.2, 0.25) is 0 Å². The summed E-state index contributed by atoms with van der Waals surface area (Å²) in [6.07, 6.45) is 4.38. The molecule has 0 saturated carbocycles. The second-order valence-corrected chi connectivity index (χ2v) is 5.38. The number of aromatic nitrogens is 1. The fourth-order valence-corrected chi connectivity index (χ4v) is 1.60. The average Bonchev–Trinajstić information content (AvgIpc) is 2.28. The Morgan fingerprint density at radius 3 is 2.53 bits per heavy atom. The van der Waals surface area contributed by atoms with Gasteiger partial charge in [-0.25, -0.2) is 0 Å². The molecular formula is C14H22N2O. The normalized spacial score (nSPS) is 11.3. The van der Waals surface area contributed by atoms with E-state index in [1.165, 1.54) is 0 Å². The highest BCUT2D eigenvalue weighted by atomic mass is 16.1. The number of unbranched alkanes of at least 4 members (excludes halogenated alkanes) is 1. The summed E-state index contributed by atoms with van der Waals surface area (Å²) >= 11 is 0. The lowest BCUT2D eigenvalue weighted by Gasteiger charge is -2.21. The number of carbonyl (C=O) groups is 1. The van der Waals surface area contributed by atoms with Crippen LogP contribution >= 0.6 is 0 Å². The zero-order valence-corrected chi connectivity index (χ0v) is 11.2. The molecule has 0 bridgehead atoms. The smallest absolute Gasteiger partial charge is 0.120 e. The van der Waals surface area contributed by atoms with Gasteiger partial charge in [-0.1, -0.05) is 20.8 Å². The Bertz CT molecular complexity index is 351. The van der Waals surface area contributed by atoms with Gasteiger partial charge in [0.25, 0.3) is 0 Å². The molecule has 0 saturated heterocycles. The number of pyridine rings is 1. The van der Waals surface area contributed by atoms with Crippen LogP contribution < -0.4 is 4.90 Å². The molecule has 0 aliphatic heterocycles. The Hall–Kier alpha value is -1.38. The number of aldehydes is 1. The van der Waals surface area contributed by atoms with E-state index in [0.717, 1.165) is 30.6 Å². The standard InChI is InChI=1S/C14H22N2O/c1-14(2,3)13-8-7-12(11-15-13)16(4)9-5-6-10-17/h7-8,10-11H,5-6,9H2,1-4H3. The van der Waals surface area contributed by atoms with Crippen molar-refractivity contribution in [1.29, 1.82) is 0 Å². The molecule has 0 N–H and O–H groups in total. The van der Waals surface area contributed by atoms with Crippen molar-refractivity contribution < 1.29 is 4.79 Å². The lowest BCUT2D eigenvalue weighted by atomic mass is 9.92. The fraction of sp³-hybridized carbons (Fsp3) is 0.571. The predicted molar refractivity (Wildman–Crippen MR) is 71.5 cm³/mol. The number of carbonyl (C=O) groups excluding carboxylic acids is 1. The number of nitrogens with zero attached hydrogens (tertiary/aromatic N) is 2. The zero-order chi connectivity index (χ0) is 12.9. The van der Waals surface area contributed by atoms with Crippen molar-refractivity contribution >= 4 is 12.0 Å². The van der Waals surface area contributed by atoms with Crippen LogP contribution in [0, 0.1) is 0 Å². The molecular weight excluding hydrogens is 212 g/mol. The topological polar surface area (TPSA) is 33.2 Å².